The highest BCUT2D eigenvalue weighted by atomic mass is 32.2. The SMILES string of the molecule is Cc1cn(-c2ccc3c4c(cccc24)C(=O)N(OS(=O)(=O)C(F)(F)F)C3=O)c2ccccc12. The first kappa shape index (κ1) is 21.2. The van der Waals surface area contributed by atoms with E-state index in [-0.39, 0.29) is 21.6 Å². The van der Waals surface area contributed by atoms with Gasteiger partial charge in [0.15, 0.2) is 0 Å². The van der Waals surface area contributed by atoms with Crippen LogP contribution in [0.4, 0.5) is 13.2 Å². The van der Waals surface area contributed by atoms with E-state index in [1.54, 1.807) is 12.1 Å². The average molecular weight is 474 g/mol. The van der Waals surface area contributed by atoms with Gasteiger partial charge in [-0.25, -0.2) is 0 Å². The fourth-order valence-electron chi connectivity index (χ4n) is 4.03. The number of fused-ring (bicyclic) bond motifs is 1. The fraction of sp³-hybridized carbons (Fsp3) is 0.0909. The summed E-state index contributed by atoms with van der Waals surface area (Å²) in [4.78, 5) is 25.6. The lowest BCUT2D eigenvalue weighted by Gasteiger charge is -2.26. The van der Waals surface area contributed by atoms with Gasteiger partial charge in [-0.15, -0.1) is 9.35 Å². The van der Waals surface area contributed by atoms with Crippen molar-refractivity contribution in [2.45, 2.75) is 12.4 Å². The van der Waals surface area contributed by atoms with Gasteiger partial charge < -0.3 is 4.57 Å². The van der Waals surface area contributed by atoms with E-state index in [4.69, 9.17) is 0 Å². The molecule has 0 aliphatic carbocycles. The number of nitrogens with zero attached hydrogens (tertiary/aromatic N) is 2. The van der Waals surface area contributed by atoms with Gasteiger partial charge in [0.25, 0.3) is 11.8 Å². The zero-order valence-electron chi connectivity index (χ0n) is 16.8. The zero-order chi connectivity index (χ0) is 23.7. The second kappa shape index (κ2) is 6.90. The van der Waals surface area contributed by atoms with E-state index in [0.717, 1.165) is 16.5 Å². The van der Waals surface area contributed by atoms with Crippen molar-refractivity contribution in [1.29, 1.82) is 0 Å². The molecule has 168 valence electrons. The molecule has 1 aliphatic heterocycles. The Morgan fingerprint density at radius 3 is 2.18 bits per heavy atom. The van der Waals surface area contributed by atoms with Crippen LogP contribution >= 0.6 is 0 Å². The number of alkyl halides is 3. The molecule has 0 unspecified atom stereocenters. The molecular formula is C22H13F3N2O5S. The third kappa shape index (κ3) is 3.04. The summed E-state index contributed by atoms with van der Waals surface area (Å²) < 4.78 is 67.0. The summed E-state index contributed by atoms with van der Waals surface area (Å²) in [6.07, 6.45) is 1.90. The first-order valence-electron chi connectivity index (χ1n) is 9.54. The lowest BCUT2D eigenvalue weighted by atomic mass is 9.94. The van der Waals surface area contributed by atoms with Crippen molar-refractivity contribution in [3.05, 3.63) is 77.5 Å². The molecule has 0 saturated heterocycles. The van der Waals surface area contributed by atoms with Gasteiger partial charge in [0.05, 0.1) is 22.3 Å². The molecule has 33 heavy (non-hydrogen) atoms. The third-order valence-electron chi connectivity index (χ3n) is 5.47. The number of aryl methyl sites for hydroxylation is 1. The van der Waals surface area contributed by atoms with Crippen LogP contribution in [-0.2, 0) is 14.4 Å². The molecule has 2 amide bonds. The van der Waals surface area contributed by atoms with Crippen LogP contribution in [0.15, 0.2) is 60.8 Å². The van der Waals surface area contributed by atoms with Crippen LogP contribution in [-0.4, -0.2) is 35.4 Å². The van der Waals surface area contributed by atoms with Crippen molar-refractivity contribution in [3.63, 3.8) is 0 Å². The minimum absolute atomic E-state index is 0.158. The second-order valence-electron chi connectivity index (χ2n) is 7.44. The first-order chi connectivity index (χ1) is 15.5. The smallest absolute Gasteiger partial charge is 0.316 e. The lowest BCUT2D eigenvalue weighted by Crippen LogP contribution is -2.44. The number of hydrogen-bond donors (Lipinski definition) is 0. The molecule has 0 bridgehead atoms. The van der Waals surface area contributed by atoms with Gasteiger partial charge in [-0.3, -0.25) is 9.59 Å². The van der Waals surface area contributed by atoms with Crippen LogP contribution in [0.5, 0.6) is 0 Å². The maximum Gasteiger partial charge on any atom is 0.525 e. The molecule has 0 radical (unpaired) electrons. The van der Waals surface area contributed by atoms with Crippen LogP contribution < -0.4 is 0 Å². The summed E-state index contributed by atoms with van der Waals surface area (Å²) in [5.41, 5.74) is -3.61. The molecule has 3 aromatic carbocycles. The summed E-state index contributed by atoms with van der Waals surface area (Å²) in [5.74, 6) is -2.62. The number of carbonyl (C=O) groups is 2. The van der Waals surface area contributed by atoms with Crippen LogP contribution in [0.3, 0.4) is 0 Å². The second-order valence-corrected chi connectivity index (χ2v) is 8.96. The van der Waals surface area contributed by atoms with Crippen molar-refractivity contribution in [2.75, 3.05) is 0 Å². The molecular weight excluding hydrogens is 461 g/mol. The Balaban J connectivity index is 1.71. The van der Waals surface area contributed by atoms with Gasteiger partial charge in [0.2, 0.25) is 0 Å². The van der Waals surface area contributed by atoms with E-state index in [1.807, 2.05) is 42.0 Å². The van der Waals surface area contributed by atoms with Gasteiger partial charge in [0.1, 0.15) is 0 Å². The molecule has 4 aromatic rings. The maximum atomic E-state index is 12.8. The van der Waals surface area contributed by atoms with Gasteiger partial charge in [0, 0.05) is 22.4 Å². The highest BCUT2D eigenvalue weighted by Gasteiger charge is 2.51. The quantitative estimate of drug-likeness (QED) is 0.323. The number of aromatic nitrogens is 1. The molecule has 0 saturated carbocycles. The molecule has 1 aliphatic rings. The number of imide groups is 1. The average Bonchev–Trinajstić information content (AvgIpc) is 3.10. The normalized spacial score (nSPS) is 14.5. The van der Waals surface area contributed by atoms with E-state index in [2.05, 4.69) is 4.28 Å². The standard InChI is InChI=1S/C22H13F3N2O5S/c1-12-11-26(17-8-3-2-5-13(12)17)18-10-9-16-19-14(18)6-4-7-15(19)20(28)27(21(16)29)32-33(30,31)22(23,24)25/h2-11H,1H3. The monoisotopic (exact) mass is 474 g/mol. The molecule has 1 aromatic heterocycles. The van der Waals surface area contributed by atoms with Gasteiger partial charge in [-0.2, -0.15) is 21.6 Å². The molecule has 5 rings (SSSR count). The van der Waals surface area contributed by atoms with Crippen molar-refractivity contribution in [2.24, 2.45) is 0 Å². The minimum Gasteiger partial charge on any atom is -0.316 e. The van der Waals surface area contributed by atoms with Crippen molar-refractivity contribution < 1.29 is 35.5 Å². The summed E-state index contributed by atoms with van der Waals surface area (Å²) in [7, 11) is -6.23. The Hall–Kier alpha value is -3.70. The topological polar surface area (TPSA) is 85.7 Å². The Bertz CT molecular complexity index is 1580. The molecule has 11 heteroatoms. The zero-order valence-corrected chi connectivity index (χ0v) is 17.6. The number of halogens is 3. The number of para-hydroxylation sites is 1. The molecule has 0 fully saturated rings. The van der Waals surface area contributed by atoms with E-state index < -0.39 is 27.4 Å². The summed E-state index contributed by atoms with van der Waals surface area (Å²) in [5, 5.41) is 1.33. The van der Waals surface area contributed by atoms with E-state index in [1.165, 1.54) is 18.2 Å². The fourth-order valence-corrected chi connectivity index (χ4v) is 4.44. The van der Waals surface area contributed by atoms with Crippen molar-refractivity contribution in [1.82, 2.24) is 9.63 Å². The summed E-state index contributed by atoms with van der Waals surface area (Å²) >= 11 is 0. The molecule has 7 nitrogen and oxygen atoms in total. The Morgan fingerprint density at radius 1 is 0.848 bits per heavy atom. The predicted octanol–water partition coefficient (Wildman–Crippen LogP) is 4.47. The Kier molecular flexibility index (Phi) is 4.42. The molecule has 0 N–H and O–H groups in total. The van der Waals surface area contributed by atoms with Crippen molar-refractivity contribution >= 4 is 43.6 Å². The van der Waals surface area contributed by atoms with Crippen LogP contribution in [0.2, 0.25) is 0 Å². The highest BCUT2D eigenvalue weighted by molar-refractivity contribution is 7.87. The number of hydroxylamine groups is 2. The molecule has 0 atom stereocenters. The largest absolute Gasteiger partial charge is 0.525 e. The van der Waals surface area contributed by atoms with E-state index in [9.17, 15) is 31.2 Å². The van der Waals surface area contributed by atoms with E-state index in [0.29, 0.717) is 11.1 Å². The predicted molar refractivity (Wildman–Crippen MR) is 112 cm³/mol. The molecule has 0 spiro atoms. The number of rotatable bonds is 3. The van der Waals surface area contributed by atoms with Gasteiger partial charge >= 0.3 is 15.6 Å². The maximum absolute atomic E-state index is 12.8. The first-order valence-corrected chi connectivity index (χ1v) is 10.9. The van der Waals surface area contributed by atoms with Gasteiger partial charge in [-0.1, -0.05) is 30.3 Å². The number of carbonyl (C=O) groups excluding carboxylic acids is 2. The summed E-state index contributed by atoms with van der Waals surface area (Å²) in [6.45, 7) is 1.94. The Morgan fingerprint density at radius 2 is 1.48 bits per heavy atom. The number of benzene rings is 3. The minimum atomic E-state index is -6.23. The number of amides is 2. The Labute approximate surface area is 184 Å². The van der Waals surface area contributed by atoms with Crippen LogP contribution in [0.25, 0.3) is 27.4 Å². The lowest BCUT2D eigenvalue weighted by molar-refractivity contribution is -0.0761. The van der Waals surface area contributed by atoms with Crippen LogP contribution in [0.1, 0.15) is 26.3 Å². The van der Waals surface area contributed by atoms with Crippen molar-refractivity contribution in [3.8, 4) is 5.69 Å². The number of hydrogen-bond acceptors (Lipinski definition) is 5. The van der Waals surface area contributed by atoms with Gasteiger partial charge in [-0.05, 0) is 36.8 Å². The summed E-state index contributed by atoms with van der Waals surface area (Å²) in [6, 6.07) is 15.0. The third-order valence-corrected chi connectivity index (χ3v) is 6.39. The molecule has 2 heterocycles. The van der Waals surface area contributed by atoms with Crippen LogP contribution in [0, 0.1) is 6.92 Å². The van der Waals surface area contributed by atoms with E-state index >= 15 is 0 Å². The highest BCUT2D eigenvalue weighted by Crippen LogP contribution is 2.37.